The van der Waals surface area contributed by atoms with Crippen molar-refractivity contribution >= 4 is 16.6 Å². The van der Waals surface area contributed by atoms with Crippen molar-refractivity contribution in [3.05, 3.63) is 36.3 Å². The van der Waals surface area contributed by atoms with E-state index >= 15 is 0 Å². The van der Waals surface area contributed by atoms with Crippen LogP contribution in [-0.4, -0.2) is 25.1 Å². The fourth-order valence-corrected chi connectivity index (χ4v) is 1.75. The van der Waals surface area contributed by atoms with Crippen LogP contribution in [-0.2, 0) is 0 Å². The van der Waals surface area contributed by atoms with Gasteiger partial charge in [-0.2, -0.15) is 0 Å². The van der Waals surface area contributed by atoms with Crippen LogP contribution in [0.5, 0.6) is 0 Å². The maximum Gasteiger partial charge on any atom is 0.125 e. The standard InChI is InChI=1S/C12H14FN3/c1-16(7-5-14)12-4-6-15-11-8-9(13)2-3-10(11)12/h2-4,6,8H,5,7,14H2,1H3. The average molecular weight is 219 g/mol. The highest BCUT2D eigenvalue weighted by atomic mass is 19.1. The molecule has 0 atom stereocenters. The fraction of sp³-hybridized carbons (Fsp3) is 0.250. The Bertz CT molecular complexity index is 499. The smallest absolute Gasteiger partial charge is 0.125 e. The van der Waals surface area contributed by atoms with Crippen molar-refractivity contribution in [2.45, 2.75) is 0 Å². The molecule has 0 aliphatic carbocycles. The number of halogens is 1. The summed E-state index contributed by atoms with van der Waals surface area (Å²) in [6.45, 7) is 1.35. The number of nitrogens with two attached hydrogens (primary N) is 1. The Hall–Kier alpha value is -1.68. The van der Waals surface area contributed by atoms with Crippen molar-refractivity contribution in [1.29, 1.82) is 0 Å². The molecule has 1 heterocycles. The summed E-state index contributed by atoms with van der Waals surface area (Å²) in [7, 11) is 1.96. The molecule has 1 aromatic carbocycles. The van der Waals surface area contributed by atoms with Gasteiger partial charge in [0.1, 0.15) is 5.82 Å². The molecule has 2 aromatic rings. The number of likely N-dealkylation sites (N-methyl/N-ethyl adjacent to an activating group) is 1. The summed E-state index contributed by atoms with van der Waals surface area (Å²) < 4.78 is 13.0. The Morgan fingerprint density at radius 1 is 1.38 bits per heavy atom. The first-order valence-corrected chi connectivity index (χ1v) is 5.18. The molecule has 0 fully saturated rings. The van der Waals surface area contributed by atoms with Gasteiger partial charge in [-0.25, -0.2) is 4.39 Å². The van der Waals surface area contributed by atoms with Gasteiger partial charge in [-0.05, 0) is 18.2 Å². The lowest BCUT2D eigenvalue weighted by Crippen LogP contribution is -2.25. The monoisotopic (exact) mass is 219 g/mol. The molecule has 0 saturated heterocycles. The van der Waals surface area contributed by atoms with Crippen molar-refractivity contribution in [2.75, 3.05) is 25.0 Å². The summed E-state index contributed by atoms with van der Waals surface area (Å²) in [6.07, 6.45) is 1.68. The van der Waals surface area contributed by atoms with Gasteiger partial charge in [0.25, 0.3) is 0 Å². The van der Waals surface area contributed by atoms with Crippen LogP contribution in [0.15, 0.2) is 30.5 Å². The number of nitrogens with zero attached hydrogens (tertiary/aromatic N) is 2. The molecule has 0 radical (unpaired) electrons. The molecule has 0 saturated carbocycles. The topological polar surface area (TPSA) is 42.1 Å². The third kappa shape index (κ3) is 1.97. The fourth-order valence-electron chi connectivity index (χ4n) is 1.75. The van der Waals surface area contributed by atoms with Crippen molar-refractivity contribution in [3.8, 4) is 0 Å². The van der Waals surface area contributed by atoms with E-state index < -0.39 is 0 Å². The first-order chi connectivity index (χ1) is 7.72. The Morgan fingerprint density at radius 2 is 2.19 bits per heavy atom. The highest BCUT2D eigenvalue weighted by molar-refractivity contribution is 5.91. The second-order valence-electron chi connectivity index (χ2n) is 3.70. The minimum Gasteiger partial charge on any atom is -0.373 e. The van der Waals surface area contributed by atoms with E-state index in [9.17, 15) is 4.39 Å². The molecule has 2 N–H and O–H groups in total. The molecule has 84 valence electrons. The summed E-state index contributed by atoms with van der Waals surface area (Å²) in [5.41, 5.74) is 7.21. The second kappa shape index (κ2) is 4.45. The van der Waals surface area contributed by atoms with Crippen molar-refractivity contribution < 1.29 is 4.39 Å². The Kier molecular flexibility index (Phi) is 3.01. The third-order valence-corrected chi connectivity index (χ3v) is 2.56. The molecule has 0 bridgehead atoms. The molecule has 3 nitrogen and oxygen atoms in total. The summed E-state index contributed by atoms with van der Waals surface area (Å²) in [4.78, 5) is 6.19. The number of rotatable bonds is 3. The van der Waals surface area contributed by atoms with Gasteiger partial charge in [0, 0.05) is 43.5 Å². The van der Waals surface area contributed by atoms with Gasteiger partial charge in [-0.1, -0.05) is 0 Å². The molecule has 4 heteroatoms. The van der Waals surface area contributed by atoms with Gasteiger partial charge in [0.2, 0.25) is 0 Å². The Balaban J connectivity index is 2.53. The van der Waals surface area contributed by atoms with E-state index in [1.165, 1.54) is 12.1 Å². The maximum atomic E-state index is 13.0. The lowest BCUT2D eigenvalue weighted by molar-refractivity contribution is 0.629. The minimum absolute atomic E-state index is 0.265. The summed E-state index contributed by atoms with van der Waals surface area (Å²) in [5, 5.41) is 0.944. The molecule has 0 aliphatic rings. The second-order valence-corrected chi connectivity index (χ2v) is 3.70. The predicted octanol–water partition coefficient (Wildman–Crippen LogP) is 1.77. The van der Waals surface area contributed by atoms with Gasteiger partial charge < -0.3 is 10.6 Å². The number of hydrogen-bond donors (Lipinski definition) is 1. The summed E-state index contributed by atoms with van der Waals surface area (Å²) >= 11 is 0. The van der Waals surface area contributed by atoms with E-state index in [1.54, 1.807) is 12.3 Å². The predicted molar refractivity (Wildman–Crippen MR) is 64.0 cm³/mol. The zero-order valence-electron chi connectivity index (χ0n) is 9.15. The molecular formula is C12H14FN3. The van der Waals surface area contributed by atoms with E-state index in [1.807, 2.05) is 18.0 Å². The van der Waals surface area contributed by atoms with Crippen LogP contribution in [0.25, 0.3) is 10.9 Å². The molecular weight excluding hydrogens is 205 g/mol. The zero-order chi connectivity index (χ0) is 11.5. The molecule has 0 amide bonds. The summed E-state index contributed by atoms with van der Waals surface area (Å²) in [6, 6.07) is 6.55. The number of pyridine rings is 1. The lowest BCUT2D eigenvalue weighted by Gasteiger charge is -2.19. The normalized spacial score (nSPS) is 10.7. The van der Waals surface area contributed by atoms with Crippen LogP contribution in [0.1, 0.15) is 0 Å². The lowest BCUT2D eigenvalue weighted by atomic mass is 10.1. The highest BCUT2D eigenvalue weighted by Gasteiger charge is 2.06. The van der Waals surface area contributed by atoms with Gasteiger partial charge in [0.05, 0.1) is 5.52 Å². The van der Waals surface area contributed by atoms with Crippen LogP contribution in [0.3, 0.4) is 0 Å². The number of anilines is 1. The van der Waals surface area contributed by atoms with Crippen molar-refractivity contribution in [1.82, 2.24) is 4.98 Å². The van der Waals surface area contributed by atoms with Crippen LogP contribution in [0, 0.1) is 5.82 Å². The largest absolute Gasteiger partial charge is 0.373 e. The number of benzene rings is 1. The van der Waals surface area contributed by atoms with E-state index in [4.69, 9.17) is 5.73 Å². The van der Waals surface area contributed by atoms with Crippen LogP contribution in [0.2, 0.25) is 0 Å². The Morgan fingerprint density at radius 3 is 2.94 bits per heavy atom. The third-order valence-electron chi connectivity index (χ3n) is 2.56. The van der Waals surface area contributed by atoms with Gasteiger partial charge in [-0.15, -0.1) is 0 Å². The van der Waals surface area contributed by atoms with Gasteiger partial charge in [0.15, 0.2) is 0 Å². The first-order valence-electron chi connectivity index (χ1n) is 5.18. The Labute approximate surface area is 93.7 Å². The number of fused-ring (bicyclic) bond motifs is 1. The average Bonchev–Trinajstić information content (AvgIpc) is 2.28. The maximum absolute atomic E-state index is 13.0. The molecule has 16 heavy (non-hydrogen) atoms. The van der Waals surface area contributed by atoms with Crippen molar-refractivity contribution in [3.63, 3.8) is 0 Å². The van der Waals surface area contributed by atoms with E-state index in [0.29, 0.717) is 12.1 Å². The molecule has 0 unspecified atom stereocenters. The molecule has 0 spiro atoms. The minimum atomic E-state index is -0.265. The van der Waals surface area contributed by atoms with Crippen LogP contribution in [0.4, 0.5) is 10.1 Å². The SMILES string of the molecule is CN(CCN)c1ccnc2cc(F)ccc12. The number of hydrogen-bond acceptors (Lipinski definition) is 3. The number of aromatic nitrogens is 1. The quantitative estimate of drug-likeness (QED) is 0.855. The van der Waals surface area contributed by atoms with E-state index in [2.05, 4.69) is 4.98 Å². The van der Waals surface area contributed by atoms with Gasteiger partial charge >= 0.3 is 0 Å². The van der Waals surface area contributed by atoms with E-state index in [-0.39, 0.29) is 5.82 Å². The van der Waals surface area contributed by atoms with Crippen LogP contribution < -0.4 is 10.6 Å². The van der Waals surface area contributed by atoms with Gasteiger partial charge in [-0.3, -0.25) is 4.98 Å². The first kappa shape index (κ1) is 10.8. The molecule has 2 rings (SSSR count). The zero-order valence-corrected chi connectivity index (χ0v) is 9.15. The summed E-state index contributed by atoms with van der Waals surface area (Å²) in [5.74, 6) is -0.265. The molecule has 0 aliphatic heterocycles. The molecule has 1 aromatic heterocycles. The van der Waals surface area contributed by atoms with Crippen LogP contribution >= 0.6 is 0 Å². The van der Waals surface area contributed by atoms with E-state index in [0.717, 1.165) is 17.6 Å². The van der Waals surface area contributed by atoms with Crippen molar-refractivity contribution in [2.24, 2.45) is 5.73 Å². The highest BCUT2D eigenvalue weighted by Crippen LogP contribution is 2.24.